The third-order valence-corrected chi connectivity index (χ3v) is 1.63. The lowest BCUT2D eigenvalue weighted by Crippen LogP contribution is -2.41. The minimum Gasteiger partial charge on any atom is -0.480 e. The summed E-state index contributed by atoms with van der Waals surface area (Å²) in [5, 5.41) is 8.52. The van der Waals surface area contributed by atoms with Crippen LogP contribution in [0.4, 0.5) is 0 Å². The van der Waals surface area contributed by atoms with Gasteiger partial charge in [0.1, 0.15) is 6.04 Å². The number of carbonyl (C=O) groups is 1. The molecule has 3 N–H and O–H groups in total. The van der Waals surface area contributed by atoms with Crippen LogP contribution in [0.15, 0.2) is 24.4 Å². The minimum atomic E-state index is -0.960. The molecule has 0 aliphatic carbocycles. The predicted molar refractivity (Wildman–Crippen MR) is 45.5 cm³/mol. The molecule has 0 unspecified atom stereocenters. The fourth-order valence-corrected chi connectivity index (χ4v) is 0.973. The highest BCUT2D eigenvalue weighted by Crippen LogP contribution is 1.98. The molecule has 0 saturated carbocycles. The molecule has 0 amide bonds. The predicted octanol–water partition coefficient (Wildman–Crippen LogP) is -0.216. The summed E-state index contributed by atoms with van der Waals surface area (Å²) < 4.78 is 0. The molecule has 1 rings (SSSR count). The summed E-state index contributed by atoms with van der Waals surface area (Å²) in [5.41, 5.74) is 5.35. The van der Waals surface area contributed by atoms with Crippen molar-refractivity contribution in [3.8, 4) is 0 Å². The monoisotopic (exact) mass is 168 g/mol. The fraction of sp³-hybridized carbons (Fsp3) is 0.375. The number of rotatable bonds is 3. The van der Waals surface area contributed by atoms with Gasteiger partial charge in [0.2, 0.25) is 0 Å². The Kier molecular flexibility index (Phi) is 2.88. The van der Waals surface area contributed by atoms with E-state index in [0.29, 0.717) is 6.54 Å². The van der Waals surface area contributed by atoms with Crippen molar-refractivity contribution in [3.05, 3.63) is 24.4 Å². The Morgan fingerprint density at radius 2 is 2.42 bits per heavy atom. The molecular formula is C8H12N2O2. The molecule has 0 aromatic heterocycles. The molecule has 1 aliphatic heterocycles. The number of hydrogen-bond acceptors (Lipinski definition) is 3. The Hall–Kier alpha value is -1.29. The second-order valence-corrected chi connectivity index (χ2v) is 2.67. The van der Waals surface area contributed by atoms with Gasteiger partial charge in [-0.1, -0.05) is 12.2 Å². The van der Waals surface area contributed by atoms with Gasteiger partial charge < -0.3 is 15.7 Å². The quantitative estimate of drug-likeness (QED) is 0.611. The van der Waals surface area contributed by atoms with Gasteiger partial charge in [-0.05, 0) is 12.3 Å². The summed E-state index contributed by atoms with van der Waals surface area (Å²) in [7, 11) is 0. The van der Waals surface area contributed by atoms with E-state index in [4.69, 9.17) is 10.8 Å². The number of carboxylic acids is 1. The van der Waals surface area contributed by atoms with Crippen LogP contribution in [0.2, 0.25) is 0 Å². The van der Waals surface area contributed by atoms with E-state index in [1.807, 2.05) is 29.3 Å². The lowest BCUT2D eigenvalue weighted by Gasteiger charge is -2.22. The summed E-state index contributed by atoms with van der Waals surface area (Å²) in [5.74, 6) is -0.960. The molecule has 0 spiro atoms. The molecule has 1 heterocycles. The van der Waals surface area contributed by atoms with Crippen LogP contribution >= 0.6 is 0 Å². The summed E-state index contributed by atoms with van der Waals surface area (Å²) in [6.07, 6.45) is 7.57. The Bertz CT molecular complexity index is 223. The number of hydrogen-bond donors (Lipinski definition) is 2. The molecule has 4 nitrogen and oxygen atoms in total. The first-order valence-electron chi connectivity index (χ1n) is 3.76. The Labute approximate surface area is 71.0 Å². The minimum absolute atomic E-state index is 0.357. The highest BCUT2D eigenvalue weighted by Gasteiger charge is 2.13. The highest BCUT2D eigenvalue weighted by atomic mass is 16.4. The van der Waals surface area contributed by atoms with Crippen LogP contribution in [-0.4, -0.2) is 35.1 Å². The van der Waals surface area contributed by atoms with Gasteiger partial charge in [-0.25, -0.2) is 0 Å². The fourth-order valence-electron chi connectivity index (χ4n) is 0.973. The van der Waals surface area contributed by atoms with Gasteiger partial charge in [-0.3, -0.25) is 4.79 Å². The van der Waals surface area contributed by atoms with Gasteiger partial charge in [0.05, 0.1) is 0 Å². The number of carboxylic acid groups (broad SMARTS) is 1. The van der Waals surface area contributed by atoms with E-state index in [0.717, 1.165) is 6.54 Å². The van der Waals surface area contributed by atoms with Crippen molar-refractivity contribution in [1.29, 1.82) is 0 Å². The van der Waals surface area contributed by atoms with E-state index in [1.54, 1.807) is 0 Å². The molecule has 0 radical (unpaired) electrons. The maximum absolute atomic E-state index is 10.4. The zero-order valence-corrected chi connectivity index (χ0v) is 6.68. The maximum atomic E-state index is 10.4. The van der Waals surface area contributed by atoms with E-state index in [2.05, 4.69) is 0 Å². The van der Waals surface area contributed by atoms with Crippen LogP contribution < -0.4 is 5.73 Å². The van der Waals surface area contributed by atoms with E-state index in [-0.39, 0.29) is 0 Å². The second kappa shape index (κ2) is 3.92. The first-order chi connectivity index (χ1) is 5.70. The summed E-state index contributed by atoms with van der Waals surface area (Å²) in [6.45, 7) is 1.09. The third-order valence-electron chi connectivity index (χ3n) is 1.63. The SMILES string of the molecule is N[C@@H](CN1C=CC=CC1)C(=O)O. The van der Waals surface area contributed by atoms with E-state index in [1.165, 1.54) is 0 Å². The van der Waals surface area contributed by atoms with Crippen molar-refractivity contribution >= 4 is 5.97 Å². The van der Waals surface area contributed by atoms with Crippen molar-refractivity contribution in [2.24, 2.45) is 5.73 Å². The van der Waals surface area contributed by atoms with Gasteiger partial charge in [-0.2, -0.15) is 0 Å². The van der Waals surface area contributed by atoms with Crippen molar-refractivity contribution in [3.63, 3.8) is 0 Å². The molecule has 0 saturated heterocycles. The smallest absolute Gasteiger partial charge is 0.322 e. The molecular weight excluding hydrogens is 156 g/mol. The van der Waals surface area contributed by atoms with E-state index in [9.17, 15) is 4.79 Å². The average molecular weight is 168 g/mol. The molecule has 0 aromatic carbocycles. The number of aliphatic carboxylic acids is 1. The maximum Gasteiger partial charge on any atom is 0.322 e. The zero-order valence-electron chi connectivity index (χ0n) is 6.68. The van der Waals surface area contributed by atoms with Crippen LogP contribution in [-0.2, 0) is 4.79 Å². The molecule has 0 aromatic rings. The first-order valence-corrected chi connectivity index (χ1v) is 3.76. The molecule has 0 fully saturated rings. The summed E-state index contributed by atoms with van der Waals surface area (Å²) >= 11 is 0. The lowest BCUT2D eigenvalue weighted by molar-refractivity contribution is -0.138. The highest BCUT2D eigenvalue weighted by molar-refractivity contribution is 5.73. The third kappa shape index (κ3) is 2.39. The van der Waals surface area contributed by atoms with Crippen LogP contribution in [0.3, 0.4) is 0 Å². The van der Waals surface area contributed by atoms with Gasteiger partial charge in [0.15, 0.2) is 0 Å². The van der Waals surface area contributed by atoms with Gasteiger partial charge in [0, 0.05) is 13.1 Å². The largest absolute Gasteiger partial charge is 0.480 e. The number of nitrogens with two attached hydrogens (primary N) is 1. The number of allylic oxidation sites excluding steroid dienone is 2. The van der Waals surface area contributed by atoms with Crippen molar-refractivity contribution in [2.75, 3.05) is 13.1 Å². The average Bonchev–Trinajstić information content (AvgIpc) is 2.06. The van der Waals surface area contributed by atoms with Crippen molar-refractivity contribution in [2.45, 2.75) is 6.04 Å². The molecule has 66 valence electrons. The normalized spacial score (nSPS) is 17.9. The molecule has 1 aliphatic rings. The Balaban J connectivity index is 2.36. The molecule has 4 heteroatoms. The van der Waals surface area contributed by atoms with Crippen molar-refractivity contribution < 1.29 is 9.90 Å². The van der Waals surface area contributed by atoms with Crippen LogP contribution in [0, 0.1) is 0 Å². The van der Waals surface area contributed by atoms with E-state index < -0.39 is 12.0 Å². The molecule has 12 heavy (non-hydrogen) atoms. The molecule has 0 bridgehead atoms. The topological polar surface area (TPSA) is 66.6 Å². The Morgan fingerprint density at radius 1 is 1.67 bits per heavy atom. The van der Waals surface area contributed by atoms with Gasteiger partial charge in [-0.15, -0.1) is 0 Å². The second-order valence-electron chi connectivity index (χ2n) is 2.67. The van der Waals surface area contributed by atoms with Crippen molar-refractivity contribution in [1.82, 2.24) is 4.90 Å². The zero-order chi connectivity index (χ0) is 8.97. The molecule has 1 atom stereocenters. The Morgan fingerprint density at radius 3 is 2.92 bits per heavy atom. The first kappa shape index (κ1) is 8.80. The van der Waals surface area contributed by atoms with Crippen LogP contribution in [0.5, 0.6) is 0 Å². The van der Waals surface area contributed by atoms with Gasteiger partial charge >= 0.3 is 5.97 Å². The summed E-state index contributed by atoms with van der Waals surface area (Å²) in [4.78, 5) is 12.2. The summed E-state index contributed by atoms with van der Waals surface area (Å²) in [6, 6.07) is -0.804. The standard InChI is InChI=1S/C8H12N2O2/c9-7(8(11)12)6-10-4-2-1-3-5-10/h1-4,7H,5-6,9H2,(H,11,12)/t7-/m0/s1. The van der Waals surface area contributed by atoms with E-state index >= 15 is 0 Å². The van der Waals surface area contributed by atoms with Crippen LogP contribution in [0.25, 0.3) is 0 Å². The van der Waals surface area contributed by atoms with Crippen LogP contribution in [0.1, 0.15) is 0 Å². The van der Waals surface area contributed by atoms with Gasteiger partial charge in [0.25, 0.3) is 0 Å². The lowest BCUT2D eigenvalue weighted by atomic mass is 10.2. The number of nitrogens with zero attached hydrogens (tertiary/aromatic N) is 1.